The maximum absolute atomic E-state index is 5.72. The van der Waals surface area contributed by atoms with Crippen molar-refractivity contribution in [2.24, 2.45) is 0 Å². The van der Waals surface area contributed by atoms with Crippen molar-refractivity contribution in [3.63, 3.8) is 0 Å². The third-order valence-corrected chi connectivity index (χ3v) is 3.25. The van der Waals surface area contributed by atoms with Crippen molar-refractivity contribution in [2.45, 2.75) is 25.7 Å². The molecule has 1 aromatic carbocycles. The highest BCUT2D eigenvalue weighted by Gasteiger charge is 2.22. The Hall–Kier alpha value is -1.22. The van der Waals surface area contributed by atoms with Crippen LogP contribution in [0.15, 0.2) is 18.2 Å². The Kier molecular flexibility index (Phi) is 4.26. The molecule has 1 N–H and O–H groups in total. The molecule has 0 aliphatic carbocycles. The molecular formula is C14H21NO2. The van der Waals surface area contributed by atoms with Gasteiger partial charge in [0.15, 0.2) is 0 Å². The smallest absolute Gasteiger partial charge is 0.126 e. The molecule has 17 heavy (non-hydrogen) atoms. The van der Waals surface area contributed by atoms with Gasteiger partial charge >= 0.3 is 0 Å². The van der Waals surface area contributed by atoms with E-state index in [1.807, 2.05) is 25.1 Å². The SMILES string of the molecule is CCOc1cccc(OC)c1C1CCCNC1. The van der Waals surface area contributed by atoms with Crippen LogP contribution in [0, 0.1) is 0 Å². The lowest BCUT2D eigenvalue weighted by molar-refractivity contribution is 0.321. The molecule has 1 fully saturated rings. The van der Waals surface area contributed by atoms with Crippen molar-refractivity contribution in [1.82, 2.24) is 5.32 Å². The average molecular weight is 235 g/mol. The first-order chi connectivity index (χ1) is 8.36. The van der Waals surface area contributed by atoms with Gasteiger partial charge in [0.1, 0.15) is 11.5 Å². The third kappa shape index (κ3) is 2.72. The first-order valence-electron chi connectivity index (χ1n) is 6.37. The molecule has 0 spiro atoms. The molecule has 94 valence electrons. The number of piperidine rings is 1. The average Bonchev–Trinajstić information content (AvgIpc) is 2.40. The van der Waals surface area contributed by atoms with E-state index in [4.69, 9.17) is 9.47 Å². The Morgan fingerprint density at radius 1 is 1.35 bits per heavy atom. The zero-order valence-electron chi connectivity index (χ0n) is 10.7. The van der Waals surface area contributed by atoms with Gasteiger partial charge < -0.3 is 14.8 Å². The van der Waals surface area contributed by atoms with Crippen LogP contribution in [0.5, 0.6) is 11.5 Å². The summed E-state index contributed by atoms with van der Waals surface area (Å²) in [4.78, 5) is 0. The Bertz CT molecular complexity index is 359. The molecule has 0 aromatic heterocycles. The van der Waals surface area contributed by atoms with Crippen LogP contribution in [0.3, 0.4) is 0 Å². The van der Waals surface area contributed by atoms with Gasteiger partial charge in [0.2, 0.25) is 0 Å². The molecule has 0 amide bonds. The molecule has 0 bridgehead atoms. The molecule has 1 heterocycles. The van der Waals surface area contributed by atoms with Crippen molar-refractivity contribution in [3.05, 3.63) is 23.8 Å². The molecular weight excluding hydrogens is 214 g/mol. The zero-order valence-corrected chi connectivity index (χ0v) is 10.7. The van der Waals surface area contributed by atoms with Gasteiger partial charge in [0.05, 0.1) is 13.7 Å². The lowest BCUT2D eigenvalue weighted by Gasteiger charge is -2.26. The number of methoxy groups -OCH3 is 1. The molecule has 0 saturated carbocycles. The van der Waals surface area contributed by atoms with Gasteiger partial charge in [-0.05, 0) is 38.4 Å². The molecule has 1 atom stereocenters. The molecule has 1 aliphatic heterocycles. The van der Waals surface area contributed by atoms with Gasteiger partial charge in [-0.25, -0.2) is 0 Å². The summed E-state index contributed by atoms with van der Waals surface area (Å²) < 4.78 is 11.2. The monoisotopic (exact) mass is 235 g/mol. The van der Waals surface area contributed by atoms with Gasteiger partial charge in [0.25, 0.3) is 0 Å². The molecule has 1 aliphatic rings. The largest absolute Gasteiger partial charge is 0.496 e. The summed E-state index contributed by atoms with van der Waals surface area (Å²) in [5.74, 6) is 2.42. The fourth-order valence-corrected chi connectivity index (χ4v) is 2.48. The number of rotatable bonds is 4. The molecule has 3 nitrogen and oxygen atoms in total. The quantitative estimate of drug-likeness (QED) is 0.870. The molecule has 1 unspecified atom stereocenters. The van der Waals surface area contributed by atoms with Crippen LogP contribution >= 0.6 is 0 Å². The van der Waals surface area contributed by atoms with Crippen molar-refractivity contribution >= 4 is 0 Å². The fraction of sp³-hybridized carbons (Fsp3) is 0.571. The Morgan fingerprint density at radius 2 is 2.18 bits per heavy atom. The van der Waals surface area contributed by atoms with Crippen LogP contribution in [0.1, 0.15) is 31.2 Å². The van der Waals surface area contributed by atoms with Crippen molar-refractivity contribution < 1.29 is 9.47 Å². The van der Waals surface area contributed by atoms with Crippen molar-refractivity contribution in [1.29, 1.82) is 0 Å². The maximum Gasteiger partial charge on any atom is 0.126 e. The second-order valence-corrected chi connectivity index (χ2v) is 4.35. The van der Waals surface area contributed by atoms with Gasteiger partial charge in [-0.1, -0.05) is 6.07 Å². The van der Waals surface area contributed by atoms with Gasteiger partial charge in [-0.2, -0.15) is 0 Å². The van der Waals surface area contributed by atoms with Crippen LogP contribution < -0.4 is 14.8 Å². The fourth-order valence-electron chi connectivity index (χ4n) is 2.48. The van der Waals surface area contributed by atoms with Gasteiger partial charge in [-0.15, -0.1) is 0 Å². The predicted octanol–water partition coefficient (Wildman–Crippen LogP) is 2.56. The molecule has 0 radical (unpaired) electrons. The van der Waals surface area contributed by atoms with E-state index in [2.05, 4.69) is 5.32 Å². The third-order valence-electron chi connectivity index (χ3n) is 3.25. The number of ether oxygens (including phenoxy) is 2. The van der Waals surface area contributed by atoms with Crippen molar-refractivity contribution in [2.75, 3.05) is 26.8 Å². The molecule has 1 saturated heterocycles. The Morgan fingerprint density at radius 3 is 2.82 bits per heavy atom. The van der Waals surface area contributed by atoms with E-state index in [-0.39, 0.29) is 0 Å². The Labute approximate surface area is 103 Å². The highest BCUT2D eigenvalue weighted by atomic mass is 16.5. The minimum Gasteiger partial charge on any atom is -0.496 e. The van der Waals surface area contributed by atoms with Crippen LogP contribution in [0.2, 0.25) is 0 Å². The first-order valence-corrected chi connectivity index (χ1v) is 6.37. The number of hydrogen-bond acceptors (Lipinski definition) is 3. The highest BCUT2D eigenvalue weighted by molar-refractivity contribution is 5.47. The number of nitrogens with one attached hydrogen (secondary N) is 1. The predicted molar refractivity (Wildman–Crippen MR) is 69.0 cm³/mol. The minimum absolute atomic E-state index is 0.501. The lowest BCUT2D eigenvalue weighted by atomic mass is 9.90. The van der Waals surface area contributed by atoms with E-state index in [0.717, 1.165) is 24.6 Å². The summed E-state index contributed by atoms with van der Waals surface area (Å²) >= 11 is 0. The van der Waals surface area contributed by atoms with Gasteiger partial charge in [0, 0.05) is 18.0 Å². The van der Waals surface area contributed by atoms with E-state index in [1.54, 1.807) is 7.11 Å². The summed E-state index contributed by atoms with van der Waals surface area (Å²) in [6, 6.07) is 6.05. The van der Waals surface area contributed by atoms with Gasteiger partial charge in [-0.3, -0.25) is 0 Å². The normalized spacial score (nSPS) is 20.0. The Balaban J connectivity index is 2.32. The summed E-state index contributed by atoms with van der Waals surface area (Å²) in [6.45, 7) is 4.85. The van der Waals surface area contributed by atoms with Crippen LogP contribution in [-0.4, -0.2) is 26.8 Å². The molecule has 2 rings (SSSR count). The highest BCUT2D eigenvalue weighted by Crippen LogP contribution is 2.38. The zero-order chi connectivity index (χ0) is 12.1. The van der Waals surface area contributed by atoms with Crippen molar-refractivity contribution in [3.8, 4) is 11.5 Å². The van der Waals surface area contributed by atoms with E-state index in [1.165, 1.54) is 18.4 Å². The van der Waals surface area contributed by atoms with Crippen LogP contribution in [0.25, 0.3) is 0 Å². The summed E-state index contributed by atoms with van der Waals surface area (Å²) in [5, 5.41) is 3.44. The second kappa shape index (κ2) is 5.92. The maximum atomic E-state index is 5.72. The lowest BCUT2D eigenvalue weighted by Crippen LogP contribution is -2.28. The number of hydrogen-bond donors (Lipinski definition) is 1. The summed E-state index contributed by atoms with van der Waals surface area (Å²) in [5.41, 5.74) is 1.23. The van der Waals surface area contributed by atoms with Crippen LogP contribution in [0.4, 0.5) is 0 Å². The van der Waals surface area contributed by atoms with E-state index in [0.29, 0.717) is 12.5 Å². The number of benzene rings is 1. The molecule has 3 heteroatoms. The topological polar surface area (TPSA) is 30.5 Å². The minimum atomic E-state index is 0.501. The molecule has 1 aromatic rings. The standard InChI is InChI=1S/C14H21NO2/c1-3-17-13-8-4-7-12(16-2)14(13)11-6-5-9-15-10-11/h4,7-8,11,15H,3,5-6,9-10H2,1-2H3. The summed E-state index contributed by atoms with van der Waals surface area (Å²) in [7, 11) is 1.73. The van der Waals surface area contributed by atoms with E-state index < -0.39 is 0 Å². The summed E-state index contributed by atoms with van der Waals surface area (Å²) in [6.07, 6.45) is 2.42. The second-order valence-electron chi connectivity index (χ2n) is 4.35. The van der Waals surface area contributed by atoms with E-state index in [9.17, 15) is 0 Å². The van der Waals surface area contributed by atoms with Crippen LogP contribution in [-0.2, 0) is 0 Å². The first kappa shape index (κ1) is 12.2. The van der Waals surface area contributed by atoms with E-state index >= 15 is 0 Å².